The molecule has 12 rings (SSSR count). The first kappa shape index (κ1) is 37.3. The maximum absolute atomic E-state index is 2.42. The van der Waals surface area contributed by atoms with Gasteiger partial charge in [0.2, 0.25) is 0 Å². The molecule has 1 aromatic heterocycles. The van der Waals surface area contributed by atoms with Crippen LogP contribution in [0.5, 0.6) is 0 Å². The van der Waals surface area contributed by atoms with Crippen LogP contribution in [0.25, 0.3) is 93.5 Å². The zero-order valence-corrected chi connectivity index (χ0v) is 35.1. The van der Waals surface area contributed by atoms with Crippen molar-refractivity contribution in [1.29, 1.82) is 0 Å². The third kappa shape index (κ3) is 6.61. The summed E-state index contributed by atoms with van der Waals surface area (Å²) < 4.78 is 2.42. The number of hydrogen-bond acceptors (Lipinski definition) is 1. The second-order valence-electron chi connectivity index (χ2n) is 16.5. The third-order valence-electron chi connectivity index (χ3n) is 12.8. The predicted octanol–water partition coefficient (Wildman–Crippen LogP) is 17.2. The van der Waals surface area contributed by atoms with E-state index in [2.05, 4.69) is 264 Å². The van der Waals surface area contributed by atoms with Gasteiger partial charge < -0.3 is 9.47 Å². The van der Waals surface area contributed by atoms with E-state index in [0.717, 1.165) is 28.3 Å². The van der Waals surface area contributed by atoms with Crippen molar-refractivity contribution in [3.63, 3.8) is 0 Å². The minimum Gasteiger partial charge on any atom is -0.310 e. The number of anilines is 3. The SMILES string of the molecule is c1ccc(-c2ccc(-c3ccc(N(c4cccc(-c5cccc6c5c5ccc(-c7ccccc7)cc5n6-c5ccccc5)c4)c4ccc5c(ccc6ccccc65)c4)cc3)cc2)cc1. The van der Waals surface area contributed by atoms with Gasteiger partial charge in [-0.3, -0.25) is 0 Å². The summed E-state index contributed by atoms with van der Waals surface area (Å²) in [6, 6.07) is 92.7. The Balaban J connectivity index is 1.00. The molecule has 0 radical (unpaired) electrons. The molecule has 0 aliphatic heterocycles. The number of fused-ring (bicyclic) bond motifs is 6. The minimum atomic E-state index is 1.09. The number of rotatable bonds is 8. The molecule has 0 aliphatic rings. The summed E-state index contributed by atoms with van der Waals surface area (Å²) in [5.74, 6) is 0. The van der Waals surface area contributed by atoms with Crippen LogP contribution in [0.1, 0.15) is 0 Å². The average molecular weight is 815 g/mol. The molecular weight excluding hydrogens is 773 g/mol. The van der Waals surface area contributed by atoms with E-state index in [1.807, 2.05) is 0 Å². The van der Waals surface area contributed by atoms with E-state index in [0.29, 0.717) is 0 Å². The molecule has 11 aromatic carbocycles. The molecule has 0 bridgehead atoms. The number of hydrogen-bond donors (Lipinski definition) is 0. The summed E-state index contributed by atoms with van der Waals surface area (Å²) >= 11 is 0. The first-order valence-corrected chi connectivity index (χ1v) is 22.0. The summed E-state index contributed by atoms with van der Waals surface area (Å²) in [4.78, 5) is 2.40. The van der Waals surface area contributed by atoms with Crippen LogP contribution in [0.4, 0.5) is 17.1 Å². The maximum atomic E-state index is 2.42. The number of para-hydroxylation sites is 1. The van der Waals surface area contributed by atoms with Crippen molar-refractivity contribution < 1.29 is 0 Å². The van der Waals surface area contributed by atoms with Gasteiger partial charge in [0.25, 0.3) is 0 Å². The van der Waals surface area contributed by atoms with Gasteiger partial charge in [0.1, 0.15) is 0 Å². The molecular formula is C62H42N2. The third-order valence-corrected chi connectivity index (χ3v) is 12.8. The van der Waals surface area contributed by atoms with Gasteiger partial charge in [-0.05, 0) is 127 Å². The second-order valence-corrected chi connectivity index (χ2v) is 16.5. The van der Waals surface area contributed by atoms with Crippen LogP contribution in [0, 0.1) is 0 Å². The number of aromatic nitrogens is 1. The molecule has 0 spiro atoms. The standard InChI is InChI=1S/C62H42N2/c1-4-14-43(15-5-1)45-26-28-46(29-27-45)47-32-35-53(36-33-47)63(55-37-39-57-51(41-55)31-30-48-18-10-11-23-56(48)57)54-22-12-19-50(40-54)58-24-13-25-60-62(58)59-38-34-49(44-16-6-2-7-17-44)42-61(59)64(60)52-20-8-3-9-21-52/h1-42H. The van der Waals surface area contributed by atoms with Gasteiger partial charge in [-0.15, -0.1) is 0 Å². The highest BCUT2D eigenvalue weighted by Gasteiger charge is 2.20. The Hall–Kier alpha value is -8.46. The molecule has 2 heteroatoms. The lowest BCUT2D eigenvalue weighted by atomic mass is 9.97. The van der Waals surface area contributed by atoms with Crippen LogP contribution in [0.15, 0.2) is 255 Å². The van der Waals surface area contributed by atoms with E-state index in [-0.39, 0.29) is 0 Å². The highest BCUT2D eigenvalue weighted by Crippen LogP contribution is 2.43. The molecule has 0 saturated heterocycles. The van der Waals surface area contributed by atoms with Crippen molar-refractivity contribution in [3.8, 4) is 50.2 Å². The van der Waals surface area contributed by atoms with Crippen molar-refractivity contribution in [2.75, 3.05) is 4.90 Å². The molecule has 64 heavy (non-hydrogen) atoms. The molecule has 0 atom stereocenters. The smallest absolute Gasteiger partial charge is 0.0547 e. The van der Waals surface area contributed by atoms with Gasteiger partial charge in [-0.25, -0.2) is 0 Å². The first-order chi connectivity index (χ1) is 31.7. The summed E-state index contributed by atoms with van der Waals surface area (Å²) in [7, 11) is 0. The van der Waals surface area contributed by atoms with Gasteiger partial charge >= 0.3 is 0 Å². The van der Waals surface area contributed by atoms with Crippen LogP contribution in [-0.4, -0.2) is 4.57 Å². The zero-order chi connectivity index (χ0) is 42.4. The van der Waals surface area contributed by atoms with E-state index in [1.165, 1.54) is 82.3 Å². The Morgan fingerprint density at radius 3 is 1.52 bits per heavy atom. The molecule has 0 amide bonds. The monoisotopic (exact) mass is 814 g/mol. The number of benzene rings is 11. The predicted molar refractivity (Wildman–Crippen MR) is 272 cm³/mol. The van der Waals surface area contributed by atoms with Crippen LogP contribution in [0.2, 0.25) is 0 Å². The molecule has 0 aliphatic carbocycles. The first-order valence-electron chi connectivity index (χ1n) is 22.0. The van der Waals surface area contributed by atoms with Crippen molar-refractivity contribution in [2.24, 2.45) is 0 Å². The molecule has 0 unspecified atom stereocenters. The minimum absolute atomic E-state index is 1.09. The fraction of sp³-hybridized carbons (Fsp3) is 0. The Kier molecular flexibility index (Phi) is 9.20. The molecule has 0 saturated carbocycles. The molecule has 0 N–H and O–H groups in total. The van der Waals surface area contributed by atoms with E-state index < -0.39 is 0 Å². The lowest BCUT2D eigenvalue weighted by Gasteiger charge is -2.27. The fourth-order valence-corrected chi connectivity index (χ4v) is 9.66. The van der Waals surface area contributed by atoms with Gasteiger partial charge in [-0.2, -0.15) is 0 Å². The van der Waals surface area contributed by atoms with Crippen LogP contribution < -0.4 is 4.90 Å². The number of nitrogens with zero attached hydrogens (tertiary/aromatic N) is 2. The van der Waals surface area contributed by atoms with Gasteiger partial charge in [0.05, 0.1) is 11.0 Å². The average Bonchev–Trinajstić information content (AvgIpc) is 3.71. The summed E-state index contributed by atoms with van der Waals surface area (Å²) in [5, 5.41) is 7.44. The van der Waals surface area contributed by atoms with E-state index in [1.54, 1.807) is 0 Å². The Labute approximate surface area is 373 Å². The highest BCUT2D eigenvalue weighted by atomic mass is 15.1. The summed E-state index contributed by atoms with van der Waals surface area (Å²) in [6.45, 7) is 0. The lowest BCUT2D eigenvalue weighted by molar-refractivity contribution is 1.18. The van der Waals surface area contributed by atoms with E-state index >= 15 is 0 Å². The van der Waals surface area contributed by atoms with Gasteiger partial charge in [0.15, 0.2) is 0 Å². The van der Waals surface area contributed by atoms with E-state index in [4.69, 9.17) is 0 Å². The molecule has 300 valence electrons. The highest BCUT2D eigenvalue weighted by molar-refractivity contribution is 6.16. The molecule has 0 fully saturated rings. The van der Waals surface area contributed by atoms with Crippen molar-refractivity contribution >= 4 is 60.4 Å². The normalized spacial score (nSPS) is 11.4. The van der Waals surface area contributed by atoms with Crippen molar-refractivity contribution in [2.45, 2.75) is 0 Å². The zero-order valence-electron chi connectivity index (χ0n) is 35.1. The maximum Gasteiger partial charge on any atom is 0.0547 e. The Bertz CT molecular complexity index is 3630. The van der Waals surface area contributed by atoms with E-state index in [9.17, 15) is 0 Å². The van der Waals surface area contributed by atoms with Crippen LogP contribution in [-0.2, 0) is 0 Å². The summed E-state index contributed by atoms with van der Waals surface area (Å²) in [5.41, 5.74) is 16.4. The van der Waals surface area contributed by atoms with Crippen LogP contribution in [0.3, 0.4) is 0 Å². The summed E-state index contributed by atoms with van der Waals surface area (Å²) in [6.07, 6.45) is 0. The van der Waals surface area contributed by atoms with Gasteiger partial charge in [0, 0.05) is 33.5 Å². The van der Waals surface area contributed by atoms with Gasteiger partial charge in [-0.1, -0.05) is 194 Å². The quantitative estimate of drug-likeness (QED) is 0.139. The molecule has 12 aromatic rings. The van der Waals surface area contributed by atoms with Crippen molar-refractivity contribution in [1.82, 2.24) is 4.57 Å². The fourth-order valence-electron chi connectivity index (χ4n) is 9.66. The lowest BCUT2D eigenvalue weighted by Crippen LogP contribution is -2.10. The van der Waals surface area contributed by atoms with Crippen LogP contribution >= 0.6 is 0 Å². The van der Waals surface area contributed by atoms with Crippen molar-refractivity contribution in [3.05, 3.63) is 255 Å². The Morgan fingerprint density at radius 2 is 0.781 bits per heavy atom. The largest absolute Gasteiger partial charge is 0.310 e. The Morgan fingerprint density at radius 1 is 0.266 bits per heavy atom. The topological polar surface area (TPSA) is 8.17 Å². The molecule has 1 heterocycles. The molecule has 2 nitrogen and oxygen atoms in total. The second kappa shape index (κ2) is 15.8.